The highest BCUT2D eigenvalue weighted by atomic mass is 32.1. The lowest BCUT2D eigenvalue weighted by molar-refractivity contribution is -0.138. The molecule has 0 aromatic carbocycles. The van der Waals surface area contributed by atoms with Gasteiger partial charge in [0.25, 0.3) is 0 Å². The molecule has 0 fully saturated rings. The zero-order chi connectivity index (χ0) is 24.7. The molecule has 1 N–H and O–H groups in total. The Bertz CT molecular complexity index is 1180. The van der Waals surface area contributed by atoms with Crippen molar-refractivity contribution in [2.45, 2.75) is 30.9 Å². The number of alkyl halides is 6. The Hall–Kier alpha value is -3.09. The van der Waals surface area contributed by atoms with E-state index in [0.29, 0.717) is 29.7 Å². The van der Waals surface area contributed by atoms with Crippen LogP contribution in [0.2, 0.25) is 0 Å². The van der Waals surface area contributed by atoms with E-state index in [0.717, 1.165) is 12.1 Å². The van der Waals surface area contributed by atoms with Gasteiger partial charge in [0.15, 0.2) is 0 Å². The van der Waals surface area contributed by atoms with Crippen molar-refractivity contribution in [1.82, 2.24) is 19.9 Å². The Labute approximate surface area is 195 Å². The topological polar surface area (TPSA) is 66.8 Å². The maximum absolute atomic E-state index is 13.5. The van der Waals surface area contributed by atoms with Gasteiger partial charge in [-0.15, -0.1) is 0 Å². The number of pyridine rings is 2. The third kappa shape index (κ3) is 5.03. The first-order valence-electron chi connectivity index (χ1n) is 10.1. The van der Waals surface area contributed by atoms with Crippen LogP contribution in [0.1, 0.15) is 33.5 Å². The summed E-state index contributed by atoms with van der Waals surface area (Å²) >= 11 is 4.61. The molecule has 6 nitrogen and oxygen atoms in total. The molecular weight excluding hydrogens is 482 g/mol. The molecule has 1 atom stereocenters. The van der Waals surface area contributed by atoms with Crippen LogP contribution in [0.15, 0.2) is 36.7 Å². The van der Waals surface area contributed by atoms with Gasteiger partial charge in [0, 0.05) is 42.7 Å². The molecule has 1 aliphatic heterocycles. The van der Waals surface area contributed by atoms with Gasteiger partial charge in [-0.3, -0.25) is 0 Å². The lowest BCUT2D eigenvalue weighted by atomic mass is 10.1. The molecule has 34 heavy (non-hydrogen) atoms. The van der Waals surface area contributed by atoms with E-state index in [1.54, 1.807) is 6.92 Å². The third-order valence-corrected chi connectivity index (χ3v) is 5.63. The van der Waals surface area contributed by atoms with Crippen LogP contribution in [0, 0.1) is 6.92 Å². The smallest absolute Gasteiger partial charge is 0.354 e. The number of thiol groups is 1. The highest BCUT2D eigenvalue weighted by Crippen LogP contribution is 2.39. The molecule has 0 saturated heterocycles. The maximum Gasteiger partial charge on any atom is 0.419 e. The van der Waals surface area contributed by atoms with Crippen molar-refractivity contribution in [2.24, 2.45) is 0 Å². The summed E-state index contributed by atoms with van der Waals surface area (Å²) in [6.07, 6.45) is -6.81. The monoisotopic (exact) mass is 500 g/mol. The maximum atomic E-state index is 13.5. The van der Waals surface area contributed by atoms with Crippen LogP contribution < -0.4 is 10.2 Å². The van der Waals surface area contributed by atoms with E-state index in [-0.39, 0.29) is 30.5 Å². The summed E-state index contributed by atoms with van der Waals surface area (Å²) in [6.45, 7) is 1.93. The second kappa shape index (κ2) is 8.93. The Morgan fingerprint density at radius 3 is 2.44 bits per heavy atom. The Balaban J connectivity index is 1.66. The standard InChI is InChI=1S/C21H18F6N6S/c1-11-30-14-6-8-33(19-13(21(25,26)27)3-2-7-28-19)10-15(34)17(14)18(31-11)32-16-5-4-12(9-29-16)20(22,23)24/h2-5,7,9,15,34H,6,8,10H2,1H3,(H,29,30,31,32). The van der Waals surface area contributed by atoms with Crippen LogP contribution in [-0.4, -0.2) is 33.0 Å². The molecule has 4 rings (SSSR count). The highest BCUT2D eigenvalue weighted by Gasteiger charge is 2.37. The fourth-order valence-electron chi connectivity index (χ4n) is 3.73. The minimum atomic E-state index is -4.58. The zero-order valence-corrected chi connectivity index (χ0v) is 18.5. The molecule has 3 aromatic rings. The van der Waals surface area contributed by atoms with Gasteiger partial charge in [-0.05, 0) is 31.2 Å². The van der Waals surface area contributed by atoms with Crippen molar-refractivity contribution in [3.8, 4) is 0 Å². The average Bonchev–Trinajstić information content (AvgIpc) is 2.91. The number of hydrogen-bond donors (Lipinski definition) is 2. The van der Waals surface area contributed by atoms with Crippen molar-refractivity contribution in [3.63, 3.8) is 0 Å². The first kappa shape index (κ1) is 24.0. The predicted octanol–water partition coefficient (Wildman–Crippen LogP) is 5.39. The number of anilines is 3. The average molecular weight is 500 g/mol. The summed E-state index contributed by atoms with van der Waals surface area (Å²) in [4.78, 5) is 18.1. The van der Waals surface area contributed by atoms with E-state index >= 15 is 0 Å². The Morgan fingerprint density at radius 2 is 1.79 bits per heavy atom. The van der Waals surface area contributed by atoms with Crippen LogP contribution >= 0.6 is 12.6 Å². The van der Waals surface area contributed by atoms with Gasteiger partial charge >= 0.3 is 12.4 Å². The number of fused-ring (bicyclic) bond motifs is 1. The molecule has 0 aliphatic carbocycles. The van der Waals surface area contributed by atoms with Gasteiger partial charge in [0.1, 0.15) is 23.3 Å². The first-order valence-corrected chi connectivity index (χ1v) is 10.6. The molecule has 0 bridgehead atoms. The molecule has 1 aliphatic rings. The second-order valence-corrected chi connectivity index (χ2v) is 8.24. The van der Waals surface area contributed by atoms with Gasteiger partial charge in [-0.25, -0.2) is 19.9 Å². The van der Waals surface area contributed by atoms with Gasteiger partial charge in [0.05, 0.1) is 16.8 Å². The molecule has 1 unspecified atom stereocenters. The van der Waals surface area contributed by atoms with Crippen molar-refractivity contribution in [3.05, 3.63) is 64.9 Å². The second-order valence-electron chi connectivity index (χ2n) is 7.62. The van der Waals surface area contributed by atoms with Crippen LogP contribution in [0.4, 0.5) is 43.8 Å². The van der Waals surface area contributed by atoms with E-state index < -0.39 is 28.7 Å². The number of nitrogens with one attached hydrogen (secondary N) is 1. The third-order valence-electron chi connectivity index (χ3n) is 5.21. The van der Waals surface area contributed by atoms with E-state index in [9.17, 15) is 26.3 Å². The highest BCUT2D eigenvalue weighted by molar-refractivity contribution is 7.80. The summed E-state index contributed by atoms with van der Waals surface area (Å²) < 4.78 is 79.1. The summed E-state index contributed by atoms with van der Waals surface area (Å²) in [6, 6.07) is 4.26. The van der Waals surface area contributed by atoms with E-state index in [1.807, 2.05) is 0 Å². The quantitative estimate of drug-likeness (QED) is 0.372. The minimum absolute atomic E-state index is 0.0811. The molecule has 0 spiro atoms. The molecule has 180 valence electrons. The number of aromatic nitrogens is 4. The number of aryl methyl sites for hydroxylation is 1. The predicted molar refractivity (Wildman–Crippen MR) is 116 cm³/mol. The normalized spacial score (nSPS) is 16.7. The molecule has 0 radical (unpaired) electrons. The molecular formula is C21H18F6N6S. The van der Waals surface area contributed by atoms with Crippen LogP contribution in [0.3, 0.4) is 0 Å². The van der Waals surface area contributed by atoms with Crippen molar-refractivity contribution in [2.75, 3.05) is 23.3 Å². The van der Waals surface area contributed by atoms with E-state index in [1.165, 1.54) is 23.2 Å². The van der Waals surface area contributed by atoms with Gasteiger partial charge in [-0.2, -0.15) is 39.0 Å². The Morgan fingerprint density at radius 1 is 1.03 bits per heavy atom. The van der Waals surface area contributed by atoms with Crippen molar-refractivity contribution >= 4 is 30.1 Å². The van der Waals surface area contributed by atoms with E-state index in [2.05, 4.69) is 37.9 Å². The fourth-order valence-corrected chi connectivity index (χ4v) is 4.20. The van der Waals surface area contributed by atoms with Crippen molar-refractivity contribution < 1.29 is 26.3 Å². The van der Waals surface area contributed by atoms with Crippen LogP contribution in [0.25, 0.3) is 0 Å². The summed E-state index contributed by atoms with van der Waals surface area (Å²) in [5.74, 6) is 0.592. The number of hydrogen-bond acceptors (Lipinski definition) is 7. The number of rotatable bonds is 3. The largest absolute Gasteiger partial charge is 0.419 e. The Kier molecular flexibility index (Phi) is 6.32. The SMILES string of the molecule is Cc1nc2c(c(Nc3ccc(C(F)(F)F)cn3)n1)C(S)CN(c1ncccc1C(F)(F)F)CC2. The lowest BCUT2D eigenvalue weighted by Crippen LogP contribution is -2.30. The number of nitrogens with zero attached hydrogens (tertiary/aromatic N) is 5. The van der Waals surface area contributed by atoms with Crippen LogP contribution in [0.5, 0.6) is 0 Å². The number of halogens is 6. The lowest BCUT2D eigenvalue weighted by Gasteiger charge is -2.26. The summed E-state index contributed by atoms with van der Waals surface area (Å²) in [5, 5.41) is 2.29. The minimum Gasteiger partial charge on any atom is -0.354 e. The van der Waals surface area contributed by atoms with Crippen LogP contribution in [-0.2, 0) is 18.8 Å². The van der Waals surface area contributed by atoms with Gasteiger partial charge < -0.3 is 10.2 Å². The van der Waals surface area contributed by atoms with Gasteiger partial charge in [0.2, 0.25) is 0 Å². The zero-order valence-electron chi connectivity index (χ0n) is 17.6. The summed E-state index contributed by atoms with van der Waals surface area (Å²) in [7, 11) is 0. The van der Waals surface area contributed by atoms with Gasteiger partial charge in [-0.1, -0.05) is 0 Å². The fraction of sp³-hybridized carbons (Fsp3) is 0.333. The molecule has 0 saturated carbocycles. The first-order chi connectivity index (χ1) is 15.9. The van der Waals surface area contributed by atoms with Crippen molar-refractivity contribution in [1.29, 1.82) is 0 Å². The molecule has 4 heterocycles. The molecule has 3 aromatic heterocycles. The van der Waals surface area contributed by atoms with E-state index in [4.69, 9.17) is 0 Å². The molecule has 13 heteroatoms. The molecule has 0 amide bonds. The summed E-state index contributed by atoms with van der Waals surface area (Å²) in [5.41, 5.74) is -0.623.